The third-order valence-electron chi connectivity index (χ3n) is 3.51. The lowest BCUT2D eigenvalue weighted by molar-refractivity contribution is -0.137. The van der Waals surface area contributed by atoms with Crippen molar-refractivity contribution in [3.63, 3.8) is 0 Å². The molecule has 1 aliphatic heterocycles. The predicted octanol–water partition coefficient (Wildman–Crippen LogP) is 3.35. The zero-order valence-corrected chi connectivity index (χ0v) is 11.5. The van der Waals surface area contributed by atoms with Crippen molar-refractivity contribution in [1.29, 1.82) is 0 Å². The maximum atomic E-state index is 12.8. The molecular weight excluding hydrogens is 287 g/mol. The molecule has 0 aliphatic carbocycles. The van der Waals surface area contributed by atoms with Crippen molar-refractivity contribution in [3.8, 4) is 0 Å². The van der Waals surface area contributed by atoms with Gasteiger partial charge in [0.05, 0.1) is 29.8 Å². The molecule has 0 spiro atoms. The summed E-state index contributed by atoms with van der Waals surface area (Å²) in [6.45, 7) is 3.37. The van der Waals surface area contributed by atoms with Crippen molar-refractivity contribution >= 4 is 18.1 Å². The molecule has 2 rings (SSSR count). The highest BCUT2D eigenvalue weighted by molar-refractivity contribution is 5.94. The topological polar surface area (TPSA) is 46.6 Å². The fourth-order valence-electron chi connectivity index (χ4n) is 2.50. The molecule has 0 saturated carbocycles. The summed E-state index contributed by atoms with van der Waals surface area (Å²) in [5.74, 6) is -0.799. The van der Waals surface area contributed by atoms with Crippen molar-refractivity contribution < 1.29 is 27.5 Å². The van der Waals surface area contributed by atoms with Crippen LogP contribution in [0.1, 0.15) is 30.9 Å². The summed E-state index contributed by atoms with van der Waals surface area (Å²) in [6.07, 6.45) is -4.61. The summed E-state index contributed by atoms with van der Waals surface area (Å²) in [7, 11) is 0. The van der Waals surface area contributed by atoms with Gasteiger partial charge in [-0.25, -0.2) is 4.79 Å². The zero-order valence-electron chi connectivity index (χ0n) is 11.5. The van der Waals surface area contributed by atoms with Crippen molar-refractivity contribution in [2.24, 2.45) is 0 Å². The molecule has 0 N–H and O–H groups in total. The van der Waals surface area contributed by atoms with Crippen LogP contribution >= 0.6 is 0 Å². The van der Waals surface area contributed by atoms with E-state index >= 15 is 0 Å². The van der Waals surface area contributed by atoms with Crippen molar-refractivity contribution in [2.45, 2.75) is 32.0 Å². The molecule has 0 aromatic heterocycles. The van der Waals surface area contributed by atoms with Gasteiger partial charge in [0.25, 0.3) is 0 Å². The van der Waals surface area contributed by atoms with E-state index in [0.717, 1.165) is 12.1 Å². The minimum absolute atomic E-state index is 0.143. The van der Waals surface area contributed by atoms with E-state index in [1.807, 2.05) is 0 Å². The fourth-order valence-corrected chi connectivity index (χ4v) is 2.50. The normalized spacial score (nSPS) is 21.1. The standard InChI is InChI=1S/C14H14F3NO3/c1-3-21-13(20)18-8(2)11(7-19)10-6-9(14(15,16)17)4-5-12(10)18/h4-8,11H,3H2,1-2H3. The van der Waals surface area contributed by atoms with Crippen LogP contribution in [0.2, 0.25) is 0 Å². The number of fused-ring (bicyclic) bond motifs is 1. The second-order valence-corrected chi connectivity index (χ2v) is 4.74. The van der Waals surface area contributed by atoms with E-state index in [9.17, 15) is 22.8 Å². The number of hydrogen-bond acceptors (Lipinski definition) is 3. The molecule has 0 fully saturated rings. The van der Waals surface area contributed by atoms with Gasteiger partial charge in [0.15, 0.2) is 0 Å². The molecule has 2 atom stereocenters. The second kappa shape index (κ2) is 5.38. The van der Waals surface area contributed by atoms with E-state index in [-0.39, 0.29) is 17.9 Å². The van der Waals surface area contributed by atoms with Crippen LogP contribution < -0.4 is 4.90 Å². The van der Waals surface area contributed by atoms with Gasteiger partial charge in [-0.3, -0.25) is 4.90 Å². The number of anilines is 1. The number of carbonyl (C=O) groups excluding carboxylic acids is 2. The third kappa shape index (κ3) is 2.59. The fraction of sp³-hybridized carbons (Fsp3) is 0.429. The van der Waals surface area contributed by atoms with Crippen LogP contribution in [-0.4, -0.2) is 25.0 Å². The van der Waals surface area contributed by atoms with Gasteiger partial charge >= 0.3 is 12.3 Å². The molecule has 21 heavy (non-hydrogen) atoms. The number of carbonyl (C=O) groups is 2. The molecule has 1 amide bonds. The van der Waals surface area contributed by atoms with Crippen LogP contribution in [0.4, 0.5) is 23.7 Å². The van der Waals surface area contributed by atoms with Gasteiger partial charge in [0.2, 0.25) is 0 Å². The van der Waals surface area contributed by atoms with E-state index in [2.05, 4.69) is 0 Å². The molecular formula is C14H14F3NO3. The van der Waals surface area contributed by atoms with Crippen LogP contribution in [0.15, 0.2) is 18.2 Å². The maximum absolute atomic E-state index is 12.8. The van der Waals surface area contributed by atoms with E-state index in [0.29, 0.717) is 6.29 Å². The summed E-state index contributed by atoms with van der Waals surface area (Å²) in [4.78, 5) is 24.4. The minimum atomic E-state index is -4.50. The van der Waals surface area contributed by atoms with E-state index in [4.69, 9.17) is 4.74 Å². The van der Waals surface area contributed by atoms with Crippen LogP contribution in [0.5, 0.6) is 0 Å². The molecule has 1 aromatic carbocycles. The zero-order chi connectivity index (χ0) is 15.8. The Morgan fingerprint density at radius 1 is 1.43 bits per heavy atom. The SMILES string of the molecule is CCOC(=O)N1c2ccc(C(F)(F)F)cc2C(C=O)C1C. The van der Waals surface area contributed by atoms with Crippen molar-refractivity contribution in [3.05, 3.63) is 29.3 Å². The van der Waals surface area contributed by atoms with Crippen LogP contribution in [-0.2, 0) is 15.7 Å². The average molecular weight is 301 g/mol. The Morgan fingerprint density at radius 2 is 2.10 bits per heavy atom. The first-order chi connectivity index (χ1) is 9.81. The van der Waals surface area contributed by atoms with E-state index < -0.39 is 29.8 Å². The molecule has 114 valence electrons. The van der Waals surface area contributed by atoms with Crippen LogP contribution in [0.3, 0.4) is 0 Å². The number of amides is 1. The molecule has 2 unspecified atom stereocenters. The number of aldehydes is 1. The van der Waals surface area contributed by atoms with Gasteiger partial charge < -0.3 is 9.53 Å². The van der Waals surface area contributed by atoms with Gasteiger partial charge in [-0.2, -0.15) is 13.2 Å². The molecule has 1 heterocycles. The van der Waals surface area contributed by atoms with Crippen molar-refractivity contribution in [2.75, 3.05) is 11.5 Å². The summed E-state index contributed by atoms with van der Waals surface area (Å²) >= 11 is 0. The Bertz CT molecular complexity index is 571. The first-order valence-electron chi connectivity index (χ1n) is 6.43. The van der Waals surface area contributed by atoms with Crippen molar-refractivity contribution in [1.82, 2.24) is 0 Å². The number of hydrogen-bond donors (Lipinski definition) is 0. The third-order valence-corrected chi connectivity index (χ3v) is 3.51. The summed E-state index contributed by atoms with van der Waals surface area (Å²) in [6, 6.07) is 2.43. The monoisotopic (exact) mass is 301 g/mol. The number of rotatable bonds is 2. The minimum Gasteiger partial charge on any atom is -0.449 e. The average Bonchev–Trinajstić information content (AvgIpc) is 2.68. The largest absolute Gasteiger partial charge is 0.449 e. The van der Waals surface area contributed by atoms with Gasteiger partial charge in [0, 0.05) is 0 Å². The van der Waals surface area contributed by atoms with Crippen LogP contribution in [0.25, 0.3) is 0 Å². The smallest absolute Gasteiger partial charge is 0.416 e. The highest BCUT2D eigenvalue weighted by atomic mass is 19.4. The molecule has 0 radical (unpaired) electrons. The molecule has 0 saturated heterocycles. The molecule has 4 nitrogen and oxygen atoms in total. The lowest BCUT2D eigenvalue weighted by atomic mass is 9.96. The first-order valence-corrected chi connectivity index (χ1v) is 6.43. The number of nitrogens with zero attached hydrogens (tertiary/aromatic N) is 1. The van der Waals surface area contributed by atoms with Crippen LogP contribution in [0, 0.1) is 0 Å². The molecule has 1 aromatic rings. The lowest BCUT2D eigenvalue weighted by Crippen LogP contribution is -2.37. The molecule has 1 aliphatic rings. The Hall–Kier alpha value is -2.05. The van der Waals surface area contributed by atoms with Gasteiger partial charge in [-0.15, -0.1) is 0 Å². The second-order valence-electron chi connectivity index (χ2n) is 4.74. The summed E-state index contributed by atoms with van der Waals surface area (Å²) in [5.41, 5.74) is -0.363. The quantitative estimate of drug-likeness (QED) is 0.787. The Balaban J connectivity index is 2.50. The number of ether oxygens (including phenoxy) is 1. The maximum Gasteiger partial charge on any atom is 0.416 e. The lowest BCUT2D eigenvalue weighted by Gasteiger charge is -2.22. The van der Waals surface area contributed by atoms with Gasteiger partial charge in [-0.1, -0.05) is 0 Å². The highest BCUT2D eigenvalue weighted by Crippen LogP contribution is 2.43. The van der Waals surface area contributed by atoms with Gasteiger partial charge in [-0.05, 0) is 37.6 Å². The number of benzene rings is 1. The Labute approximate surface area is 119 Å². The summed E-state index contributed by atoms with van der Waals surface area (Å²) in [5, 5.41) is 0. The highest BCUT2D eigenvalue weighted by Gasteiger charge is 2.41. The number of halogens is 3. The number of alkyl halides is 3. The Morgan fingerprint density at radius 3 is 2.62 bits per heavy atom. The van der Waals surface area contributed by atoms with E-state index in [1.54, 1.807) is 13.8 Å². The van der Waals surface area contributed by atoms with E-state index in [1.165, 1.54) is 11.0 Å². The van der Waals surface area contributed by atoms with Gasteiger partial charge in [0.1, 0.15) is 6.29 Å². The predicted molar refractivity (Wildman–Crippen MR) is 69.2 cm³/mol. The Kier molecular flexibility index (Phi) is 3.93. The summed E-state index contributed by atoms with van der Waals surface area (Å²) < 4.78 is 43.2. The molecule has 0 bridgehead atoms. The first kappa shape index (κ1) is 15.3. The molecule has 7 heteroatoms.